The number of nitrogens with zero attached hydrogens (tertiary/aromatic N) is 1. The Kier molecular flexibility index (Phi) is 3.66. The lowest BCUT2D eigenvalue weighted by Crippen LogP contribution is -2.25. The number of amides is 1. The molecule has 0 aliphatic carbocycles. The summed E-state index contributed by atoms with van der Waals surface area (Å²) in [6.07, 6.45) is 0.421. The number of carbonyl (C=O) groups excluding carboxylic acids is 1. The minimum Gasteiger partial charge on any atom is -0.396 e. The van der Waals surface area contributed by atoms with Gasteiger partial charge in [0.25, 0.3) is 0 Å². The van der Waals surface area contributed by atoms with Crippen LogP contribution in [0.4, 0.5) is 5.69 Å². The summed E-state index contributed by atoms with van der Waals surface area (Å²) >= 11 is 6.88. The van der Waals surface area contributed by atoms with Gasteiger partial charge < -0.3 is 10.0 Å². The lowest BCUT2D eigenvalue weighted by Gasteiger charge is -2.19. The predicted octanol–water partition coefficient (Wildman–Crippen LogP) is 2.56. The minimum absolute atomic E-state index is 0.0477. The van der Waals surface area contributed by atoms with Crippen molar-refractivity contribution in [1.82, 2.24) is 0 Å². The van der Waals surface area contributed by atoms with Crippen LogP contribution in [0.3, 0.4) is 0 Å². The highest BCUT2D eigenvalue weighted by Crippen LogP contribution is 2.37. The van der Waals surface area contributed by atoms with E-state index in [-0.39, 0.29) is 18.4 Å². The van der Waals surface area contributed by atoms with Crippen molar-refractivity contribution in [2.24, 2.45) is 5.92 Å². The van der Waals surface area contributed by atoms with Gasteiger partial charge in [0.2, 0.25) is 5.91 Å². The number of para-hydroxylation sites is 1. The van der Waals surface area contributed by atoms with Crippen molar-refractivity contribution in [2.45, 2.75) is 6.42 Å². The van der Waals surface area contributed by atoms with Gasteiger partial charge in [0, 0.05) is 34.4 Å². The predicted molar refractivity (Wildman–Crippen MR) is 69.4 cm³/mol. The number of hydrogen-bond donors (Lipinski definition) is 1. The quantitative estimate of drug-likeness (QED) is 0.892. The Bertz CT molecular complexity index is 402. The van der Waals surface area contributed by atoms with Crippen LogP contribution in [0.15, 0.2) is 27.1 Å². The number of carbonyl (C=O) groups is 1. The van der Waals surface area contributed by atoms with Gasteiger partial charge in [0.1, 0.15) is 0 Å². The van der Waals surface area contributed by atoms with Crippen LogP contribution >= 0.6 is 31.9 Å². The Morgan fingerprint density at radius 3 is 2.50 bits per heavy atom. The summed E-state index contributed by atoms with van der Waals surface area (Å²) in [6.45, 7) is 0.640. The molecule has 1 aromatic carbocycles. The molecule has 1 saturated heterocycles. The van der Waals surface area contributed by atoms with Crippen molar-refractivity contribution < 1.29 is 9.90 Å². The van der Waals surface area contributed by atoms with Crippen LogP contribution in [0.5, 0.6) is 0 Å². The normalized spacial score (nSPS) is 20.6. The molecular formula is C11H11Br2NO2. The lowest BCUT2D eigenvalue weighted by molar-refractivity contribution is -0.117. The molecule has 1 fully saturated rings. The Hall–Kier alpha value is -0.390. The largest absolute Gasteiger partial charge is 0.396 e. The van der Waals surface area contributed by atoms with E-state index in [9.17, 15) is 4.79 Å². The third-order valence-corrected chi connectivity index (χ3v) is 3.95. The molecule has 1 amide bonds. The number of benzene rings is 1. The van der Waals surface area contributed by atoms with Gasteiger partial charge in [-0.3, -0.25) is 4.79 Å². The fourth-order valence-electron chi connectivity index (χ4n) is 1.87. The van der Waals surface area contributed by atoms with Crippen molar-refractivity contribution >= 4 is 43.5 Å². The van der Waals surface area contributed by atoms with Gasteiger partial charge in [-0.1, -0.05) is 6.07 Å². The molecule has 0 aromatic heterocycles. The number of aliphatic hydroxyl groups is 1. The summed E-state index contributed by atoms with van der Waals surface area (Å²) in [4.78, 5) is 13.5. The molecule has 1 aromatic rings. The average Bonchev–Trinajstić information content (AvgIpc) is 2.60. The van der Waals surface area contributed by atoms with Crippen LogP contribution in [0, 0.1) is 5.92 Å². The molecule has 3 nitrogen and oxygen atoms in total. The summed E-state index contributed by atoms with van der Waals surface area (Å²) in [5, 5.41) is 9.08. The van der Waals surface area contributed by atoms with E-state index < -0.39 is 0 Å². The number of halogens is 2. The van der Waals surface area contributed by atoms with Gasteiger partial charge in [-0.15, -0.1) is 0 Å². The van der Waals surface area contributed by atoms with Crippen molar-refractivity contribution in [2.75, 3.05) is 18.1 Å². The van der Waals surface area contributed by atoms with Crippen LogP contribution in [-0.2, 0) is 4.79 Å². The molecule has 1 aliphatic rings. The lowest BCUT2D eigenvalue weighted by atomic mass is 10.1. The monoisotopic (exact) mass is 347 g/mol. The molecular weight excluding hydrogens is 338 g/mol. The van der Waals surface area contributed by atoms with E-state index in [1.54, 1.807) is 4.90 Å². The van der Waals surface area contributed by atoms with E-state index in [1.165, 1.54) is 0 Å². The molecule has 0 spiro atoms. The molecule has 1 N–H and O–H groups in total. The number of hydrogen-bond acceptors (Lipinski definition) is 2. The number of rotatable bonds is 2. The fourth-order valence-corrected chi connectivity index (χ4v) is 3.29. The standard InChI is InChI=1S/C11H11Br2NO2/c12-8-2-1-3-9(13)11(8)14-5-7(6-15)4-10(14)16/h1-3,7,15H,4-6H2. The summed E-state index contributed by atoms with van der Waals surface area (Å²) < 4.78 is 1.77. The van der Waals surface area contributed by atoms with E-state index in [2.05, 4.69) is 31.9 Å². The van der Waals surface area contributed by atoms with Crippen molar-refractivity contribution in [3.05, 3.63) is 27.1 Å². The molecule has 1 aliphatic heterocycles. The Labute approximate surface area is 111 Å². The number of anilines is 1. The molecule has 5 heteroatoms. The maximum Gasteiger partial charge on any atom is 0.227 e. The number of aliphatic hydroxyl groups excluding tert-OH is 1. The topological polar surface area (TPSA) is 40.5 Å². The maximum absolute atomic E-state index is 11.8. The summed E-state index contributed by atoms with van der Waals surface area (Å²) in [5.41, 5.74) is 0.850. The van der Waals surface area contributed by atoms with Gasteiger partial charge in [0.15, 0.2) is 0 Å². The zero-order valence-electron chi connectivity index (χ0n) is 8.49. The third kappa shape index (κ3) is 2.17. The SMILES string of the molecule is O=C1CC(CO)CN1c1c(Br)cccc1Br. The molecule has 16 heavy (non-hydrogen) atoms. The highest BCUT2D eigenvalue weighted by Gasteiger charge is 2.31. The van der Waals surface area contributed by atoms with E-state index >= 15 is 0 Å². The molecule has 1 unspecified atom stereocenters. The molecule has 0 bridgehead atoms. The first-order valence-corrected chi connectivity index (χ1v) is 6.57. The molecule has 86 valence electrons. The van der Waals surface area contributed by atoms with E-state index in [1.807, 2.05) is 18.2 Å². The molecule has 2 rings (SSSR count). The average molecular weight is 349 g/mol. The fraction of sp³-hybridized carbons (Fsp3) is 0.364. The summed E-state index contributed by atoms with van der Waals surface area (Å²) in [5.74, 6) is 0.109. The van der Waals surface area contributed by atoms with E-state index in [0.29, 0.717) is 13.0 Å². The molecule has 0 saturated carbocycles. The van der Waals surface area contributed by atoms with Gasteiger partial charge in [-0.05, 0) is 44.0 Å². The Balaban J connectivity index is 2.35. The zero-order chi connectivity index (χ0) is 11.7. The molecule has 1 heterocycles. The van der Waals surface area contributed by atoms with Crippen LogP contribution in [0.1, 0.15) is 6.42 Å². The van der Waals surface area contributed by atoms with Gasteiger partial charge >= 0.3 is 0 Å². The van der Waals surface area contributed by atoms with Crippen molar-refractivity contribution in [3.8, 4) is 0 Å². The molecule has 1 atom stereocenters. The Morgan fingerprint density at radius 1 is 1.38 bits per heavy atom. The van der Waals surface area contributed by atoms with Crippen molar-refractivity contribution in [3.63, 3.8) is 0 Å². The minimum atomic E-state index is 0.0477. The first-order valence-electron chi connectivity index (χ1n) is 4.98. The third-order valence-electron chi connectivity index (χ3n) is 2.67. The maximum atomic E-state index is 11.8. The summed E-state index contributed by atoms with van der Waals surface area (Å²) in [6, 6.07) is 5.71. The highest BCUT2D eigenvalue weighted by molar-refractivity contribution is 9.11. The summed E-state index contributed by atoms with van der Waals surface area (Å²) in [7, 11) is 0. The van der Waals surface area contributed by atoms with Gasteiger partial charge in [-0.2, -0.15) is 0 Å². The van der Waals surface area contributed by atoms with Gasteiger partial charge in [0.05, 0.1) is 5.69 Å². The van der Waals surface area contributed by atoms with Crippen LogP contribution in [0.2, 0.25) is 0 Å². The van der Waals surface area contributed by atoms with E-state index in [0.717, 1.165) is 14.6 Å². The van der Waals surface area contributed by atoms with E-state index in [4.69, 9.17) is 5.11 Å². The molecule has 0 radical (unpaired) electrons. The van der Waals surface area contributed by atoms with Gasteiger partial charge in [-0.25, -0.2) is 0 Å². The zero-order valence-corrected chi connectivity index (χ0v) is 11.7. The second kappa shape index (κ2) is 4.85. The first-order chi connectivity index (χ1) is 7.63. The van der Waals surface area contributed by atoms with Crippen LogP contribution in [0.25, 0.3) is 0 Å². The first kappa shape index (κ1) is 12.1. The van der Waals surface area contributed by atoms with Crippen molar-refractivity contribution in [1.29, 1.82) is 0 Å². The Morgan fingerprint density at radius 2 is 2.00 bits per heavy atom. The second-order valence-corrected chi connectivity index (χ2v) is 5.54. The van der Waals surface area contributed by atoms with Crippen LogP contribution < -0.4 is 4.90 Å². The smallest absolute Gasteiger partial charge is 0.227 e. The second-order valence-electron chi connectivity index (χ2n) is 3.83. The highest BCUT2D eigenvalue weighted by atomic mass is 79.9. The van der Waals surface area contributed by atoms with Crippen LogP contribution in [-0.4, -0.2) is 24.2 Å².